The van der Waals surface area contributed by atoms with Gasteiger partial charge in [-0.3, -0.25) is 0 Å². The summed E-state index contributed by atoms with van der Waals surface area (Å²) >= 11 is 3.23. The Morgan fingerprint density at radius 1 is 1.32 bits per heavy atom. The fourth-order valence-electron chi connectivity index (χ4n) is 4.44. The molecule has 0 saturated heterocycles. The van der Waals surface area contributed by atoms with E-state index < -0.39 is 16.5 Å². The van der Waals surface area contributed by atoms with E-state index >= 15 is 0 Å². The van der Waals surface area contributed by atoms with Gasteiger partial charge < -0.3 is 29.7 Å². The van der Waals surface area contributed by atoms with Gasteiger partial charge in [0.15, 0.2) is 5.75 Å². The first-order valence-corrected chi connectivity index (χ1v) is 11.7. The zero-order valence-electron chi connectivity index (χ0n) is 19.5. The molecule has 11 nitrogen and oxygen atoms in total. The van der Waals surface area contributed by atoms with Crippen molar-refractivity contribution in [3.63, 3.8) is 0 Å². The molecule has 0 saturated carbocycles. The molecule has 2 aromatic carbocycles. The summed E-state index contributed by atoms with van der Waals surface area (Å²) in [5, 5.41) is 25.9. The Labute approximate surface area is 217 Å². The van der Waals surface area contributed by atoms with Crippen LogP contribution in [0, 0.1) is 28.4 Å². The zero-order valence-corrected chi connectivity index (χ0v) is 21.1. The number of methoxy groups -OCH3 is 1. The highest BCUT2D eigenvalue weighted by molar-refractivity contribution is 9.10. The van der Waals surface area contributed by atoms with Crippen LogP contribution in [-0.4, -0.2) is 21.8 Å². The summed E-state index contributed by atoms with van der Waals surface area (Å²) in [4.78, 5) is 23.9. The van der Waals surface area contributed by atoms with Crippen LogP contribution in [-0.2, 0) is 6.54 Å². The van der Waals surface area contributed by atoms with E-state index in [1.54, 1.807) is 49.4 Å². The van der Waals surface area contributed by atoms with Gasteiger partial charge in [0, 0.05) is 5.56 Å². The van der Waals surface area contributed by atoms with Gasteiger partial charge in [-0.05, 0) is 57.6 Å². The molecule has 1 aliphatic rings. The molecule has 5 rings (SSSR count). The van der Waals surface area contributed by atoms with Gasteiger partial charge in [0.1, 0.15) is 27.4 Å². The van der Waals surface area contributed by atoms with Crippen LogP contribution >= 0.6 is 15.9 Å². The van der Waals surface area contributed by atoms with Crippen LogP contribution in [0.5, 0.6) is 11.5 Å². The maximum absolute atomic E-state index is 13.2. The number of para-hydroxylation sites is 1. The van der Waals surface area contributed by atoms with Gasteiger partial charge in [-0.2, -0.15) is 9.94 Å². The monoisotopic (exact) mass is 563 g/mol. The van der Waals surface area contributed by atoms with E-state index in [1.807, 2.05) is 0 Å². The third-order valence-electron chi connectivity index (χ3n) is 6.22. The van der Waals surface area contributed by atoms with Crippen molar-refractivity contribution in [2.24, 2.45) is 5.73 Å². The lowest BCUT2D eigenvalue weighted by molar-refractivity contribution is -0.390. The van der Waals surface area contributed by atoms with E-state index in [2.05, 4.69) is 27.1 Å². The second kappa shape index (κ2) is 9.11. The van der Waals surface area contributed by atoms with Crippen molar-refractivity contribution >= 4 is 32.7 Å². The van der Waals surface area contributed by atoms with Gasteiger partial charge >= 0.3 is 11.4 Å². The van der Waals surface area contributed by atoms with E-state index in [-0.39, 0.29) is 39.6 Å². The average Bonchev–Trinajstić information content (AvgIpc) is 3.16. The largest absolute Gasteiger partial charge is 0.496 e. The number of fused-ring (bicyclic) bond motifs is 3. The number of hydrogen-bond acceptors (Lipinski definition) is 9. The minimum atomic E-state index is -0.876. The van der Waals surface area contributed by atoms with E-state index in [0.29, 0.717) is 33.5 Å². The number of nitro groups is 1. The molecule has 0 unspecified atom stereocenters. The summed E-state index contributed by atoms with van der Waals surface area (Å²) in [5.41, 5.74) is 7.75. The van der Waals surface area contributed by atoms with Gasteiger partial charge in [-0.1, -0.05) is 18.2 Å². The summed E-state index contributed by atoms with van der Waals surface area (Å²) in [6.07, 6.45) is 0. The topological polar surface area (TPSA) is 159 Å². The molecule has 4 aromatic rings. The fraction of sp³-hybridized carbons (Fsp3) is 0.160. The first-order chi connectivity index (χ1) is 17.7. The number of ether oxygens (including phenoxy) is 2. The minimum absolute atomic E-state index is 0.0554. The Morgan fingerprint density at radius 3 is 2.76 bits per heavy atom. The lowest BCUT2D eigenvalue weighted by Crippen LogP contribution is -2.26. The van der Waals surface area contributed by atoms with Gasteiger partial charge in [0.25, 0.3) is 0 Å². The Kier molecular flexibility index (Phi) is 5.93. The molecule has 1 atom stereocenters. The second-order valence-corrected chi connectivity index (χ2v) is 9.06. The van der Waals surface area contributed by atoms with Crippen molar-refractivity contribution in [3.8, 4) is 17.6 Å². The van der Waals surface area contributed by atoms with Crippen molar-refractivity contribution in [1.29, 1.82) is 5.26 Å². The number of nitriles is 1. The minimum Gasteiger partial charge on any atom is -0.496 e. The number of nitrogens with zero attached hydrogens (tertiary/aromatic N) is 4. The number of rotatable bonds is 5. The molecule has 1 aliphatic heterocycles. The van der Waals surface area contributed by atoms with Gasteiger partial charge in [-0.25, -0.2) is 4.79 Å². The van der Waals surface area contributed by atoms with E-state index in [9.17, 15) is 20.2 Å². The molecule has 3 heterocycles. The molecule has 0 bridgehead atoms. The molecule has 0 fully saturated rings. The second-order valence-electron chi connectivity index (χ2n) is 8.26. The average molecular weight is 564 g/mol. The molecular weight excluding hydrogens is 546 g/mol. The smallest absolute Gasteiger partial charge is 0.404 e. The number of aromatic nitrogens is 2. The van der Waals surface area contributed by atoms with Crippen molar-refractivity contribution in [3.05, 3.63) is 101 Å². The Balaban J connectivity index is 1.70. The van der Waals surface area contributed by atoms with Crippen LogP contribution in [0.3, 0.4) is 0 Å². The van der Waals surface area contributed by atoms with Crippen molar-refractivity contribution in [2.45, 2.75) is 19.4 Å². The van der Waals surface area contributed by atoms with Crippen LogP contribution in [0.4, 0.5) is 5.82 Å². The molecule has 37 heavy (non-hydrogen) atoms. The molecule has 0 amide bonds. The van der Waals surface area contributed by atoms with Crippen LogP contribution in [0.2, 0.25) is 0 Å². The maximum Gasteiger partial charge on any atom is 0.404 e. The zero-order chi connectivity index (χ0) is 26.4. The molecule has 0 aliphatic carbocycles. The summed E-state index contributed by atoms with van der Waals surface area (Å²) in [6, 6.07) is 14.1. The summed E-state index contributed by atoms with van der Waals surface area (Å²) < 4.78 is 18.6. The first-order valence-electron chi connectivity index (χ1n) is 10.9. The maximum atomic E-state index is 13.2. The molecule has 12 heteroatoms. The SMILES string of the molecule is COc1ccc([C@@H]2C(C#N)=C(N)Oc3c2c(=O)oc2ccccc32)cc1Cn1nc([N+](=O)[O-])c(Br)c1C. The van der Waals surface area contributed by atoms with Crippen LogP contribution in [0.25, 0.3) is 11.0 Å². The predicted molar refractivity (Wildman–Crippen MR) is 135 cm³/mol. The number of allylic oxidation sites excluding steroid dienone is 1. The highest BCUT2D eigenvalue weighted by Gasteiger charge is 2.36. The first kappa shape index (κ1) is 24.1. The normalized spacial score (nSPS) is 14.7. The van der Waals surface area contributed by atoms with Gasteiger partial charge in [0.2, 0.25) is 5.88 Å². The van der Waals surface area contributed by atoms with Gasteiger partial charge in [-0.15, -0.1) is 0 Å². The summed E-state index contributed by atoms with van der Waals surface area (Å²) in [7, 11) is 1.50. The quantitative estimate of drug-likeness (QED) is 0.212. The Morgan fingerprint density at radius 2 is 2.08 bits per heavy atom. The standard InChI is InChI=1S/C25H18BrN5O6/c1-12-21(26)24(31(33)34)29-30(12)11-14-9-13(7-8-17(14)35-2)19-16(10-27)23(28)37-22-15-5-3-4-6-18(15)36-25(32)20(19)22/h3-9,19H,11,28H2,1-2H3/t19-/m1/s1. The van der Waals surface area contributed by atoms with Crippen molar-refractivity contribution in [1.82, 2.24) is 9.78 Å². The highest BCUT2D eigenvalue weighted by Crippen LogP contribution is 2.44. The van der Waals surface area contributed by atoms with Crippen LogP contribution in [0.15, 0.2) is 67.6 Å². The molecule has 2 aromatic heterocycles. The lowest BCUT2D eigenvalue weighted by Gasteiger charge is -2.26. The van der Waals surface area contributed by atoms with Crippen molar-refractivity contribution < 1.29 is 18.8 Å². The third kappa shape index (κ3) is 3.89. The third-order valence-corrected chi connectivity index (χ3v) is 7.15. The number of nitrogens with two attached hydrogens (primary N) is 1. The molecule has 2 N–H and O–H groups in total. The Hall–Kier alpha value is -4.63. The van der Waals surface area contributed by atoms with E-state index in [1.165, 1.54) is 11.8 Å². The molecule has 0 radical (unpaired) electrons. The fourth-order valence-corrected chi connectivity index (χ4v) is 4.87. The Bertz CT molecular complexity index is 1730. The number of benzene rings is 2. The number of hydrogen-bond donors (Lipinski definition) is 1. The van der Waals surface area contributed by atoms with Gasteiger partial charge in [0.05, 0.1) is 41.3 Å². The van der Waals surface area contributed by atoms with E-state index in [0.717, 1.165) is 0 Å². The van der Waals surface area contributed by atoms with E-state index in [4.69, 9.17) is 19.6 Å². The molecule has 0 spiro atoms. The molecular formula is C25H18BrN5O6. The van der Waals surface area contributed by atoms with Crippen LogP contribution < -0.4 is 20.8 Å². The predicted octanol–water partition coefficient (Wildman–Crippen LogP) is 4.24. The summed E-state index contributed by atoms with van der Waals surface area (Å²) in [6.45, 7) is 1.82. The highest BCUT2D eigenvalue weighted by atomic mass is 79.9. The van der Waals surface area contributed by atoms with Crippen molar-refractivity contribution in [2.75, 3.05) is 7.11 Å². The molecule has 186 valence electrons. The lowest BCUT2D eigenvalue weighted by atomic mass is 9.83. The summed E-state index contributed by atoms with van der Waals surface area (Å²) in [5.74, 6) is -0.577. The van der Waals surface area contributed by atoms with Crippen LogP contribution in [0.1, 0.15) is 28.3 Å². The number of halogens is 1.